The maximum atomic E-state index is 10.8. The molecule has 0 aromatic heterocycles. The topological polar surface area (TPSA) is 79.5 Å². The summed E-state index contributed by atoms with van der Waals surface area (Å²) in [5, 5.41) is 18.3. The molecule has 0 spiro atoms. The Labute approximate surface area is 168 Å². The predicted octanol–water partition coefficient (Wildman–Crippen LogP) is 5.14. The van der Waals surface area contributed by atoms with E-state index < -0.39 is 12.6 Å². The summed E-state index contributed by atoms with van der Waals surface area (Å²) in [6.07, 6.45) is 1.73. The minimum absolute atomic E-state index is 0.313. The summed E-state index contributed by atoms with van der Waals surface area (Å²) in [5.41, 5.74) is 2.00. The number of carboxylic acids is 1. The summed E-state index contributed by atoms with van der Waals surface area (Å²) in [6, 6.07) is 13.1. The lowest BCUT2D eigenvalue weighted by molar-refractivity contribution is -0.139. The Balaban J connectivity index is 2.43. The van der Waals surface area contributed by atoms with E-state index in [1.807, 2.05) is 31.2 Å². The molecule has 26 heavy (non-hydrogen) atoms. The fourth-order valence-electron chi connectivity index (χ4n) is 2.18. The number of aliphatic carboxylic acids is 1. The Morgan fingerprint density at radius 3 is 2.50 bits per heavy atom. The Morgan fingerprint density at radius 1 is 1.23 bits per heavy atom. The molecule has 134 valence electrons. The van der Waals surface area contributed by atoms with Crippen LogP contribution in [0.15, 0.2) is 45.3 Å². The SMILES string of the molecule is CCOc1cc(/C=C(\C#N)c2ccc(Br)cc2)cc(Br)c1OCC(=O)O. The fraction of sp³-hybridized carbons (Fsp3) is 0.158. The van der Waals surface area contributed by atoms with Crippen LogP contribution < -0.4 is 9.47 Å². The molecule has 2 aromatic rings. The lowest BCUT2D eigenvalue weighted by Gasteiger charge is -2.13. The van der Waals surface area contributed by atoms with Crippen molar-refractivity contribution in [3.63, 3.8) is 0 Å². The fourth-order valence-corrected chi connectivity index (χ4v) is 3.02. The van der Waals surface area contributed by atoms with Crippen molar-refractivity contribution in [3.8, 4) is 17.6 Å². The third kappa shape index (κ3) is 5.35. The average Bonchev–Trinajstić information content (AvgIpc) is 2.60. The molecular formula is C19H15Br2NO4. The minimum atomic E-state index is -1.08. The van der Waals surface area contributed by atoms with Gasteiger partial charge >= 0.3 is 5.97 Å². The summed E-state index contributed by atoms with van der Waals surface area (Å²) in [4.78, 5) is 10.8. The van der Waals surface area contributed by atoms with E-state index in [9.17, 15) is 10.1 Å². The van der Waals surface area contributed by atoms with Crippen LogP contribution in [0.1, 0.15) is 18.1 Å². The molecule has 0 heterocycles. The van der Waals surface area contributed by atoms with E-state index in [2.05, 4.69) is 37.9 Å². The summed E-state index contributed by atoms with van der Waals surface area (Å²) in [7, 11) is 0. The Morgan fingerprint density at radius 2 is 1.92 bits per heavy atom. The lowest BCUT2D eigenvalue weighted by Crippen LogP contribution is -2.10. The van der Waals surface area contributed by atoms with Gasteiger partial charge in [0.15, 0.2) is 18.1 Å². The summed E-state index contributed by atoms with van der Waals surface area (Å²) >= 11 is 6.75. The first-order valence-electron chi connectivity index (χ1n) is 7.63. The molecule has 0 radical (unpaired) electrons. The number of carbonyl (C=O) groups is 1. The Kier molecular flexibility index (Phi) is 7.25. The zero-order valence-electron chi connectivity index (χ0n) is 13.8. The molecule has 0 saturated carbocycles. The van der Waals surface area contributed by atoms with Gasteiger partial charge < -0.3 is 14.6 Å². The van der Waals surface area contributed by atoms with Gasteiger partial charge in [-0.2, -0.15) is 5.26 Å². The van der Waals surface area contributed by atoms with E-state index in [0.29, 0.717) is 28.2 Å². The normalized spacial score (nSPS) is 10.9. The molecule has 7 heteroatoms. The molecular weight excluding hydrogens is 466 g/mol. The van der Waals surface area contributed by atoms with Crippen LogP contribution in [0.2, 0.25) is 0 Å². The number of nitrogens with zero attached hydrogens (tertiary/aromatic N) is 1. The largest absolute Gasteiger partial charge is 0.490 e. The maximum absolute atomic E-state index is 10.8. The highest BCUT2D eigenvalue weighted by Crippen LogP contribution is 2.38. The second kappa shape index (κ2) is 9.41. The van der Waals surface area contributed by atoms with Crippen LogP contribution in [0.3, 0.4) is 0 Å². The van der Waals surface area contributed by atoms with E-state index >= 15 is 0 Å². The highest BCUT2D eigenvalue weighted by molar-refractivity contribution is 9.10. The molecule has 0 atom stereocenters. The number of hydrogen-bond acceptors (Lipinski definition) is 4. The van der Waals surface area contributed by atoms with Crippen LogP contribution in [0.25, 0.3) is 11.6 Å². The van der Waals surface area contributed by atoms with Crippen LogP contribution in [0.4, 0.5) is 0 Å². The van der Waals surface area contributed by atoms with Crippen molar-refractivity contribution in [2.75, 3.05) is 13.2 Å². The zero-order valence-corrected chi connectivity index (χ0v) is 17.0. The van der Waals surface area contributed by atoms with Crippen LogP contribution in [0, 0.1) is 11.3 Å². The van der Waals surface area contributed by atoms with Crippen molar-refractivity contribution in [2.45, 2.75) is 6.92 Å². The molecule has 0 aliphatic carbocycles. The first-order valence-corrected chi connectivity index (χ1v) is 9.21. The van der Waals surface area contributed by atoms with Gasteiger partial charge in [-0.15, -0.1) is 0 Å². The molecule has 0 aliphatic heterocycles. The van der Waals surface area contributed by atoms with Gasteiger partial charge in [0.2, 0.25) is 0 Å². The molecule has 5 nitrogen and oxygen atoms in total. The maximum Gasteiger partial charge on any atom is 0.341 e. The van der Waals surface area contributed by atoms with Crippen molar-refractivity contribution >= 4 is 49.5 Å². The van der Waals surface area contributed by atoms with Crippen LogP contribution in [-0.2, 0) is 4.79 Å². The molecule has 0 aliphatic rings. The van der Waals surface area contributed by atoms with E-state index in [-0.39, 0.29) is 0 Å². The standard InChI is InChI=1S/C19H15Br2NO4/c1-2-25-17-9-12(8-16(21)19(17)26-11-18(23)24)7-14(10-22)13-3-5-15(20)6-4-13/h3-9H,2,11H2,1H3,(H,23,24)/b14-7+. The van der Waals surface area contributed by atoms with E-state index in [1.54, 1.807) is 18.2 Å². The van der Waals surface area contributed by atoms with Gasteiger partial charge in [0, 0.05) is 4.47 Å². The summed E-state index contributed by atoms with van der Waals surface area (Å²) < 4.78 is 12.3. The van der Waals surface area contributed by atoms with Crippen LogP contribution in [-0.4, -0.2) is 24.3 Å². The second-order valence-electron chi connectivity index (χ2n) is 5.12. The van der Waals surface area contributed by atoms with E-state index in [1.165, 1.54) is 0 Å². The molecule has 2 rings (SSSR count). The van der Waals surface area contributed by atoms with Crippen LogP contribution in [0.5, 0.6) is 11.5 Å². The quantitative estimate of drug-likeness (QED) is 0.438. The number of allylic oxidation sites excluding steroid dienone is 1. The number of halogens is 2. The zero-order chi connectivity index (χ0) is 19.1. The van der Waals surface area contributed by atoms with Gasteiger partial charge in [-0.05, 0) is 64.3 Å². The molecule has 2 aromatic carbocycles. The Hall–Kier alpha value is -2.30. The van der Waals surface area contributed by atoms with Crippen molar-refractivity contribution in [1.29, 1.82) is 5.26 Å². The number of carboxylic acid groups (broad SMARTS) is 1. The van der Waals surface area contributed by atoms with Gasteiger partial charge in [-0.1, -0.05) is 28.1 Å². The third-order valence-electron chi connectivity index (χ3n) is 3.26. The van der Waals surface area contributed by atoms with Gasteiger partial charge in [0.1, 0.15) is 0 Å². The van der Waals surface area contributed by atoms with Gasteiger partial charge in [0.05, 0.1) is 22.7 Å². The molecule has 0 unspecified atom stereocenters. The monoisotopic (exact) mass is 479 g/mol. The first-order chi connectivity index (χ1) is 12.4. The molecule has 0 bridgehead atoms. The Bertz CT molecular complexity index is 870. The van der Waals surface area contributed by atoms with Crippen molar-refractivity contribution in [2.24, 2.45) is 0 Å². The number of rotatable bonds is 7. The number of hydrogen-bond donors (Lipinski definition) is 1. The second-order valence-corrected chi connectivity index (χ2v) is 6.89. The number of benzene rings is 2. The predicted molar refractivity (Wildman–Crippen MR) is 106 cm³/mol. The van der Waals surface area contributed by atoms with Crippen LogP contribution >= 0.6 is 31.9 Å². The first kappa shape index (κ1) is 20.0. The van der Waals surface area contributed by atoms with Crippen molar-refractivity contribution in [3.05, 3.63) is 56.5 Å². The van der Waals surface area contributed by atoms with Gasteiger partial charge in [0.25, 0.3) is 0 Å². The highest BCUT2D eigenvalue weighted by atomic mass is 79.9. The molecule has 0 fully saturated rings. The number of ether oxygens (including phenoxy) is 2. The molecule has 0 saturated heterocycles. The smallest absolute Gasteiger partial charge is 0.341 e. The average molecular weight is 481 g/mol. The molecule has 0 amide bonds. The van der Waals surface area contributed by atoms with Gasteiger partial charge in [-0.25, -0.2) is 4.79 Å². The third-order valence-corrected chi connectivity index (χ3v) is 4.38. The van der Waals surface area contributed by atoms with Crippen molar-refractivity contribution in [1.82, 2.24) is 0 Å². The lowest BCUT2D eigenvalue weighted by atomic mass is 10.0. The summed E-state index contributed by atoms with van der Waals surface area (Å²) in [6.45, 7) is 1.73. The highest BCUT2D eigenvalue weighted by Gasteiger charge is 2.14. The number of nitriles is 1. The van der Waals surface area contributed by atoms with E-state index in [4.69, 9.17) is 14.6 Å². The van der Waals surface area contributed by atoms with E-state index in [0.717, 1.165) is 15.6 Å². The minimum Gasteiger partial charge on any atom is -0.490 e. The summed E-state index contributed by atoms with van der Waals surface area (Å²) in [5.74, 6) is -0.360. The molecule has 1 N–H and O–H groups in total. The van der Waals surface area contributed by atoms with Gasteiger partial charge in [-0.3, -0.25) is 0 Å². The van der Waals surface area contributed by atoms with Crippen molar-refractivity contribution < 1.29 is 19.4 Å².